The molecule has 0 N–H and O–H groups in total. The van der Waals surface area contributed by atoms with Crippen molar-refractivity contribution in [1.29, 1.82) is 0 Å². The van der Waals surface area contributed by atoms with Gasteiger partial charge in [0.2, 0.25) is 0 Å². The van der Waals surface area contributed by atoms with E-state index in [2.05, 4.69) is 27.4 Å². The minimum absolute atomic E-state index is 0.167. The van der Waals surface area contributed by atoms with Gasteiger partial charge in [-0.3, -0.25) is 0 Å². The van der Waals surface area contributed by atoms with Crippen LogP contribution in [0.2, 0.25) is 15.8 Å². The van der Waals surface area contributed by atoms with E-state index in [1.807, 2.05) is 12.1 Å². The van der Waals surface area contributed by atoms with Gasteiger partial charge in [-0.1, -0.05) is 0 Å². The first kappa shape index (κ1) is 13.5. The number of hydrogen-bond acceptors (Lipinski definition) is 0. The summed E-state index contributed by atoms with van der Waals surface area (Å²) in [6, 6.07) is 6.82. The molecule has 0 saturated carbocycles. The van der Waals surface area contributed by atoms with Gasteiger partial charge in [0.1, 0.15) is 0 Å². The predicted molar refractivity (Wildman–Crippen MR) is 72.6 cm³/mol. The van der Waals surface area contributed by atoms with Crippen LogP contribution in [0.5, 0.6) is 0 Å². The fraction of sp³-hybridized carbons (Fsp3) is 0.429. The third-order valence-electron chi connectivity index (χ3n) is 3.86. The zero-order valence-corrected chi connectivity index (χ0v) is 12.6. The van der Waals surface area contributed by atoms with Crippen molar-refractivity contribution in [2.45, 2.75) is 36.5 Å². The van der Waals surface area contributed by atoms with Gasteiger partial charge in [0, 0.05) is 0 Å². The Morgan fingerprint density at radius 2 is 1.50 bits per heavy atom. The molecule has 0 nitrogen and oxygen atoms in total. The van der Waals surface area contributed by atoms with Gasteiger partial charge >= 0.3 is 101 Å². The van der Waals surface area contributed by atoms with E-state index < -0.39 is 13.3 Å². The summed E-state index contributed by atoms with van der Waals surface area (Å²) in [4.78, 5) is 0. The van der Waals surface area contributed by atoms with Gasteiger partial charge in [-0.2, -0.15) is 0 Å². The molecule has 1 rings (SSSR count). The average Bonchev–Trinajstić information content (AvgIpc) is 2.33. The molecule has 16 heavy (non-hydrogen) atoms. The molecule has 0 fully saturated rings. The van der Waals surface area contributed by atoms with Crippen molar-refractivity contribution in [3.8, 4) is 0 Å². The van der Waals surface area contributed by atoms with Gasteiger partial charge in [-0.05, 0) is 0 Å². The Labute approximate surface area is 101 Å². The fourth-order valence-electron chi connectivity index (χ4n) is 2.35. The minimum atomic E-state index is -1.94. The second-order valence-corrected chi connectivity index (χ2v) is 15.4. The van der Waals surface area contributed by atoms with Crippen molar-refractivity contribution >= 4 is 17.7 Å². The summed E-state index contributed by atoms with van der Waals surface area (Å²) in [5, 5.41) is 3.80. The summed E-state index contributed by atoms with van der Waals surface area (Å²) in [6.07, 6.45) is 0. The number of benzene rings is 1. The Morgan fingerprint density at radius 3 is 1.88 bits per heavy atom. The SMILES string of the molecule is C=[C](c1ccc(F)cc1)[Ge]([CH2]C)([CH2]C)[CH2]C. The van der Waals surface area contributed by atoms with Gasteiger partial charge in [0.05, 0.1) is 0 Å². The van der Waals surface area contributed by atoms with E-state index in [1.54, 1.807) is 0 Å². The molecule has 0 unspecified atom stereocenters. The molecular weight excluding hydrogens is 260 g/mol. The molecule has 0 amide bonds. The van der Waals surface area contributed by atoms with Crippen LogP contribution in [-0.4, -0.2) is 13.3 Å². The number of hydrogen-bond donors (Lipinski definition) is 0. The Bertz CT molecular complexity index is 341. The molecule has 0 heterocycles. The Kier molecular flexibility index (Phi) is 4.78. The Hall–Kier alpha value is -0.567. The van der Waals surface area contributed by atoms with Crippen molar-refractivity contribution in [3.05, 3.63) is 42.2 Å². The van der Waals surface area contributed by atoms with Crippen molar-refractivity contribution in [2.24, 2.45) is 0 Å². The third kappa shape index (κ3) is 2.57. The summed E-state index contributed by atoms with van der Waals surface area (Å²) in [7, 11) is 0. The summed E-state index contributed by atoms with van der Waals surface area (Å²) < 4.78 is 14.2. The van der Waals surface area contributed by atoms with Crippen LogP contribution in [0.1, 0.15) is 26.3 Å². The summed E-state index contributed by atoms with van der Waals surface area (Å²) >= 11 is -1.94. The predicted octanol–water partition coefficient (Wildman–Crippen LogP) is 4.89. The zero-order chi connectivity index (χ0) is 12.2. The molecule has 0 bridgehead atoms. The number of halogens is 1. The maximum atomic E-state index is 12.9. The van der Waals surface area contributed by atoms with Crippen LogP contribution >= 0.6 is 0 Å². The Balaban J connectivity index is 3.04. The normalized spacial score (nSPS) is 11.5. The molecule has 0 saturated heterocycles. The van der Waals surface area contributed by atoms with Gasteiger partial charge in [0.25, 0.3) is 0 Å². The van der Waals surface area contributed by atoms with Crippen LogP contribution < -0.4 is 0 Å². The molecule has 2 heteroatoms. The zero-order valence-electron chi connectivity index (χ0n) is 10.5. The van der Waals surface area contributed by atoms with Crippen molar-refractivity contribution in [3.63, 3.8) is 0 Å². The molecule has 88 valence electrons. The van der Waals surface area contributed by atoms with E-state index in [-0.39, 0.29) is 5.82 Å². The summed E-state index contributed by atoms with van der Waals surface area (Å²) in [6.45, 7) is 11.1. The molecule has 0 atom stereocenters. The van der Waals surface area contributed by atoms with Crippen LogP contribution in [0.15, 0.2) is 30.8 Å². The molecule has 0 radical (unpaired) electrons. The molecule has 0 aromatic heterocycles. The molecule has 1 aromatic carbocycles. The first-order chi connectivity index (χ1) is 7.59. The third-order valence-corrected chi connectivity index (χ3v) is 15.7. The second-order valence-electron chi connectivity index (χ2n) is 4.33. The van der Waals surface area contributed by atoms with Gasteiger partial charge in [-0.15, -0.1) is 0 Å². The fourth-order valence-corrected chi connectivity index (χ4v) is 9.82. The molecule has 0 aliphatic heterocycles. The average molecular weight is 281 g/mol. The molecule has 0 aliphatic rings. The van der Waals surface area contributed by atoms with Crippen molar-refractivity contribution in [1.82, 2.24) is 0 Å². The topological polar surface area (TPSA) is 0 Å². The van der Waals surface area contributed by atoms with Crippen LogP contribution in [0.25, 0.3) is 4.41 Å². The van der Waals surface area contributed by atoms with Crippen LogP contribution in [0.4, 0.5) is 4.39 Å². The van der Waals surface area contributed by atoms with Crippen LogP contribution in [-0.2, 0) is 0 Å². The number of rotatable bonds is 5. The standard InChI is InChI=1S/C14H21FGe/c1-5-16(6-2,7-3)12(4)13-8-10-14(15)11-9-13/h8-11H,4-7H2,1-3H3. The van der Waals surface area contributed by atoms with Crippen molar-refractivity contribution in [2.75, 3.05) is 0 Å². The maximum absolute atomic E-state index is 12.9. The second kappa shape index (κ2) is 5.67. The van der Waals surface area contributed by atoms with E-state index in [4.69, 9.17) is 0 Å². The molecular formula is C14H21FGe. The molecule has 0 spiro atoms. The van der Waals surface area contributed by atoms with Gasteiger partial charge in [0.15, 0.2) is 0 Å². The first-order valence-corrected chi connectivity index (χ1v) is 11.5. The first-order valence-electron chi connectivity index (χ1n) is 6.05. The van der Waals surface area contributed by atoms with Crippen molar-refractivity contribution < 1.29 is 4.39 Å². The van der Waals surface area contributed by atoms with Gasteiger partial charge < -0.3 is 0 Å². The van der Waals surface area contributed by atoms with Gasteiger partial charge in [-0.25, -0.2) is 0 Å². The van der Waals surface area contributed by atoms with E-state index in [9.17, 15) is 4.39 Å². The monoisotopic (exact) mass is 282 g/mol. The molecule has 1 aromatic rings. The summed E-state index contributed by atoms with van der Waals surface area (Å²) in [5.74, 6) is -0.167. The van der Waals surface area contributed by atoms with Crippen LogP contribution in [0, 0.1) is 5.82 Å². The van der Waals surface area contributed by atoms with E-state index >= 15 is 0 Å². The van der Waals surface area contributed by atoms with Crippen LogP contribution in [0.3, 0.4) is 0 Å². The Morgan fingerprint density at radius 1 is 1.06 bits per heavy atom. The van der Waals surface area contributed by atoms with E-state index in [0.29, 0.717) is 0 Å². The van der Waals surface area contributed by atoms with E-state index in [1.165, 1.54) is 32.3 Å². The van der Waals surface area contributed by atoms with E-state index in [0.717, 1.165) is 5.56 Å². The quantitative estimate of drug-likeness (QED) is 0.674. The summed E-state index contributed by atoms with van der Waals surface area (Å²) in [5.41, 5.74) is 1.15. The molecule has 0 aliphatic carbocycles.